The van der Waals surface area contributed by atoms with E-state index in [0.29, 0.717) is 25.9 Å². The number of nitrogens with zero attached hydrogens (tertiary/aromatic N) is 2. The van der Waals surface area contributed by atoms with Crippen molar-refractivity contribution in [2.45, 2.75) is 51.0 Å². The van der Waals surface area contributed by atoms with E-state index in [9.17, 15) is 9.59 Å². The van der Waals surface area contributed by atoms with E-state index in [1.807, 2.05) is 60.4 Å². The number of ether oxygens (including phenoxy) is 1. The Labute approximate surface area is 185 Å². The monoisotopic (exact) mass is 420 g/mol. The summed E-state index contributed by atoms with van der Waals surface area (Å²) in [6, 6.07) is 18.4. The molecule has 0 spiro atoms. The number of likely N-dealkylation sites (tertiary alicyclic amines) is 1. The summed E-state index contributed by atoms with van der Waals surface area (Å²) in [5, 5.41) is 0. The molecular formula is C26H32N2O3. The van der Waals surface area contributed by atoms with Gasteiger partial charge < -0.3 is 14.5 Å². The number of anilines is 1. The zero-order chi connectivity index (χ0) is 21.8. The summed E-state index contributed by atoms with van der Waals surface area (Å²) in [6.45, 7) is 6.65. The van der Waals surface area contributed by atoms with Crippen LogP contribution in [0.2, 0.25) is 0 Å². The smallest absolute Gasteiger partial charge is 0.316 e. The second-order valence-corrected chi connectivity index (χ2v) is 8.71. The number of amides is 1. The molecule has 2 aliphatic rings. The Morgan fingerprint density at radius 2 is 1.71 bits per heavy atom. The summed E-state index contributed by atoms with van der Waals surface area (Å²) in [5.74, 6) is 0.0576. The van der Waals surface area contributed by atoms with Gasteiger partial charge in [-0.1, -0.05) is 48.5 Å². The zero-order valence-corrected chi connectivity index (χ0v) is 18.5. The van der Waals surface area contributed by atoms with Crippen molar-refractivity contribution in [1.29, 1.82) is 0 Å². The third-order valence-corrected chi connectivity index (χ3v) is 6.82. The number of esters is 1. The van der Waals surface area contributed by atoms with Crippen molar-refractivity contribution in [3.8, 4) is 0 Å². The molecule has 1 saturated heterocycles. The molecule has 2 aliphatic heterocycles. The number of rotatable bonds is 6. The number of carbonyl (C=O) groups is 2. The van der Waals surface area contributed by atoms with Crippen LogP contribution in [0.3, 0.4) is 0 Å². The van der Waals surface area contributed by atoms with Crippen molar-refractivity contribution >= 4 is 17.6 Å². The van der Waals surface area contributed by atoms with Gasteiger partial charge >= 0.3 is 5.97 Å². The van der Waals surface area contributed by atoms with E-state index >= 15 is 0 Å². The van der Waals surface area contributed by atoms with Crippen LogP contribution in [-0.2, 0) is 26.2 Å². The summed E-state index contributed by atoms with van der Waals surface area (Å²) in [5.41, 5.74) is 2.76. The second kappa shape index (κ2) is 9.23. The number of carbonyl (C=O) groups excluding carboxylic acids is 2. The van der Waals surface area contributed by atoms with Gasteiger partial charge in [0.05, 0.1) is 12.0 Å². The minimum absolute atomic E-state index is 0.126. The van der Waals surface area contributed by atoms with Crippen LogP contribution in [0.15, 0.2) is 54.6 Å². The van der Waals surface area contributed by atoms with Crippen molar-refractivity contribution in [2.75, 3.05) is 31.1 Å². The van der Waals surface area contributed by atoms with Crippen molar-refractivity contribution in [2.24, 2.45) is 0 Å². The molecule has 0 aliphatic carbocycles. The van der Waals surface area contributed by atoms with E-state index < -0.39 is 5.41 Å². The standard InChI is InChI=1S/C26H32N2O3/c1-3-31-25(30)26(22-10-5-4-6-11-22)14-17-27(18-15-26)16-13-24(29)28-20(2)19-21-9-7-8-12-23(21)28/h4-12,20H,3,13-19H2,1-2H3. The number of para-hydroxylation sites is 1. The SMILES string of the molecule is CCOC(=O)C1(c2ccccc2)CCN(CCC(=O)N2c3ccccc3CC2C)CC1. The average Bonchev–Trinajstić information content (AvgIpc) is 3.14. The van der Waals surface area contributed by atoms with Crippen molar-refractivity contribution in [3.63, 3.8) is 0 Å². The Morgan fingerprint density at radius 3 is 2.42 bits per heavy atom. The maximum Gasteiger partial charge on any atom is 0.316 e. The summed E-state index contributed by atoms with van der Waals surface area (Å²) in [7, 11) is 0. The molecule has 5 nitrogen and oxygen atoms in total. The number of hydrogen-bond donors (Lipinski definition) is 0. The van der Waals surface area contributed by atoms with Crippen LogP contribution in [0.25, 0.3) is 0 Å². The maximum atomic E-state index is 13.0. The first-order valence-electron chi connectivity index (χ1n) is 11.4. The topological polar surface area (TPSA) is 49.9 Å². The summed E-state index contributed by atoms with van der Waals surface area (Å²) >= 11 is 0. The average molecular weight is 421 g/mol. The highest BCUT2D eigenvalue weighted by Crippen LogP contribution is 2.37. The molecule has 2 heterocycles. The van der Waals surface area contributed by atoms with E-state index in [-0.39, 0.29) is 17.9 Å². The Hall–Kier alpha value is -2.66. The third-order valence-electron chi connectivity index (χ3n) is 6.82. The first-order chi connectivity index (χ1) is 15.0. The van der Waals surface area contributed by atoms with Gasteiger partial charge in [0, 0.05) is 24.7 Å². The molecular weight excluding hydrogens is 388 g/mol. The van der Waals surface area contributed by atoms with E-state index in [1.165, 1.54) is 5.56 Å². The van der Waals surface area contributed by atoms with Crippen molar-refractivity contribution in [1.82, 2.24) is 4.90 Å². The molecule has 2 aromatic rings. The molecule has 0 radical (unpaired) electrons. The Balaban J connectivity index is 1.38. The van der Waals surface area contributed by atoms with Crippen molar-refractivity contribution in [3.05, 3.63) is 65.7 Å². The highest BCUT2D eigenvalue weighted by Gasteiger charge is 2.44. The van der Waals surface area contributed by atoms with Gasteiger partial charge in [-0.3, -0.25) is 9.59 Å². The largest absolute Gasteiger partial charge is 0.465 e. The molecule has 1 unspecified atom stereocenters. The first-order valence-corrected chi connectivity index (χ1v) is 11.4. The van der Waals surface area contributed by atoms with Crippen LogP contribution in [0.1, 0.15) is 44.2 Å². The molecule has 164 valence electrons. The summed E-state index contributed by atoms with van der Waals surface area (Å²) in [4.78, 5) is 30.2. The molecule has 1 atom stereocenters. The van der Waals surface area contributed by atoms with Gasteiger partial charge in [-0.15, -0.1) is 0 Å². The lowest BCUT2D eigenvalue weighted by atomic mass is 9.72. The third kappa shape index (κ3) is 4.24. The first kappa shape index (κ1) is 21.6. The maximum absolute atomic E-state index is 13.0. The van der Waals surface area contributed by atoms with Gasteiger partial charge in [0.15, 0.2) is 0 Å². The Morgan fingerprint density at radius 1 is 1.03 bits per heavy atom. The number of piperidine rings is 1. The highest BCUT2D eigenvalue weighted by molar-refractivity contribution is 5.96. The van der Waals surface area contributed by atoms with Crippen LogP contribution < -0.4 is 4.90 Å². The predicted octanol–water partition coefficient (Wildman–Crippen LogP) is 3.95. The summed E-state index contributed by atoms with van der Waals surface area (Å²) in [6.07, 6.45) is 2.85. The van der Waals surface area contributed by atoms with Gasteiger partial charge in [-0.05, 0) is 63.4 Å². The van der Waals surface area contributed by atoms with Crippen LogP contribution in [-0.4, -0.2) is 49.1 Å². The van der Waals surface area contributed by atoms with Crippen LogP contribution in [0.5, 0.6) is 0 Å². The molecule has 2 aromatic carbocycles. The van der Waals surface area contributed by atoms with Gasteiger partial charge in [-0.2, -0.15) is 0 Å². The molecule has 0 aromatic heterocycles. The molecule has 5 heteroatoms. The van der Waals surface area contributed by atoms with Crippen LogP contribution >= 0.6 is 0 Å². The van der Waals surface area contributed by atoms with E-state index in [2.05, 4.69) is 17.9 Å². The molecule has 0 bridgehead atoms. The Kier molecular flexibility index (Phi) is 6.42. The molecule has 1 fully saturated rings. The van der Waals surface area contributed by atoms with Crippen LogP contribution in [0.4, 0.5) is 5.69 Å². The quantitative estimate of drug-likeness (QED) is 0.664. The minimum atomic E-state index is -0.583. The van der Waals surface area contributed by atoms with Crippen LogP contribution in [0, 0.1) is 0 Å². The normalized spacial score (nSPS) is 20.3. The van der Waals surface area contributed by atoms with Gasteiger partial charge in [0.2, 0.25) is 5.91 Å². The highest BCUT2D eigenvalue weighted by atomic mass is 16.5. The fraction of sp³-hybridized carbons (Fsp3) is 0.462. The van der Waals surface area contributed by atoms with Gasteiger partial charge in [-0.25, -0.2) is 0 Å². The lowest BCUT2D eigenvalue weighted by Gasteiger charge is -2.40. The molecule has 0 N–H and O–H groups in total. The van der Waals surface area contributed by atoms with Gasteiger partial charge in [0.1, 0.15) is 0 Å². The van der Waals surface area contributed by atoms with E-state index in [0.717, 1.165) is 37.3 Å². The number of fused-ring (bicyclic) bond motifs is 1. The lowest BCUT2D eigenvalue weighted by molar-refractivity contribution is -0.152. The molecule has 4 rings (SSSR count). The molecule has 0 saturated carbocycles. The lowest BCUT2D eigenvalue weighted by Crippen LogP contribution is -2.49. The Bertz CT molecular complexity index is 919. The fourth-order valence-electron chi connectivity index (χ4n) is 5.12. The molecule has 31 heavy (non-hydrogen) atoms. The number of hydrogen-bond acceptors (Lipinski definition) is 4. The zero-order valence-electron chi connectivity index (χ0n) is 18.5. The predicted molar refractivity (Wildman–Crippen MR) is 122 cm³/mol. The van der Waals surface area contributed by atoms with E-state index in [1.54, 1.807) is 0 Å². The van der Waals surface area contributed by atoms with E-state index in [4.69, 9.17) is 4.74 Å². The second-order valence-electron chi connectivity index (χ2n) is 8.71. The number of benzene rings is 2. The minimum Gasteiger partial charge on any atom is -0.465 e. The summed E-state index contributed by atoms with van der Waals surface area (Å²) < 4.78 is 5.47. The van der Waals surface area contributed by atoms with Gasteiger partial charge in [0.25, 0.3) is 0 Å². The van der Waals surface area contributed by atoms with Crippen molar-refractivity contribution < 1.29 is 14.3 Å². The molecule has 1 amide bonds. The fourth-order valence-corrected chi connectivity index (χ4v) is 5.12.